The molecule has 0 spiro atoms. The van der Waals surface area contributed by atoms with Crippen LogP contribution in [0.15, 0.2) is 36.5 Å². The number of rotatable bonds is 5. The standard InChI is InChI=1S/C17H22N2O/c1-12-4-5-13(2)15(8-12)10-16(18)9-14-6-7-17(20-3)19-11-14/h4-8,11,16H,9-10,18H2,1-3H3. The Hall–Kier alpha value is -1.87. The molecule has 0 bridgehead atoms. The van der Waals surface area contributed by atoms with E-state index >= 15 is 0 Å². The van der Waals surface area contributed by atoms with Crippen LogP contribution >= 0.6 is 0 Å². The van der Waals surface area contributed by atoms with Crippen molar-refractivity contribution in [3.8, 4) is 5.88 Å². The Bertz CT molecular complexity index is 564. The van der Waals surface area contributed by atoms with Crippen molar-refractivity contribution in [2.24, 2.45) is 5.73 Å². The molecule has 1 heterocycles. The summed E-state index contributed by atoms with van der Waals surface area (Å²) in [5.41, 5.74) is 11.3. The van der Waals surface area contributed by atoms with Gasteiger partial charge in [-0.15, -0.1) is 0 Å². The first kappa shape index (κ1) is 14.5. The number of aromatic nitrogens is 1. The van der Waals surface area contributed by atoms with Crippen LogP contribution in [0.3, 0.4) is 0 Å². The molecule has 3 nitrogen and oxygen atoms in total. The van der Waals surface area contributed by atoms with Crippen molar-refractivity contribution in [1.29, 1.82) is 0 Å². The highest BCUT2D eigenvalue weighted by Crippen LogP contribution is 2.15. The lowest BCUT2D eigenvalue weighted by Crippen LogP contribution is -2.26. The quantitative estimate of drug-likeness (QED) is 0.909. The van der Waals surface area contributed by atoms with E-state index < -0.39 is 0 Å². The highest BCUT2D eigenvalue weighted by molar-refractivity contribution is 5.31. The molecule has 106 valence electrons. The zero-order valence-corrected chi connectivity index (χ0v) is 12.4. The van der Waals surface area contributed by atoms with Crippen LogP contribution in [0.5, 0.6) is 5.88 Å². The maximum absolute atomic E-state index is 6.27. The van der Waals surface area contributed by atoms with E-state index in [0.29, 0.717) is 5.88 Å². The Kier molecular flexibility index (Phi) is 4.74. The van der Waals surface area contributed by atoms with Crippen molar-refractivity contribution in [3.05, 3.63) is 58.8 Å². The van der Waals surface area contributed by atoms with E-state index in [-0.39, 0.29) is 6.04 Å². The van der Waals surface area contributed by atoms with Crippen molar-refractivity contribution in [2.75, 3.05) is 7.11 Å². The number of hydrogen-bond donors (Lipinski definition) is 1. The fourth-order valence-corrected chi connectivity index (χ4v) is 2.33. The van der Waals surface area contributed by atoms with Gasteiger partial charge in [0.2, 0.25) is 5.88 Å². The van der Waals surface area contributed by atoms with E-state index in [1.165, 1.54) is 16.7 Å². The summed E-state index contributed by atoms with van der Waals surface area (Å²) >= 11 is 0. The molecule has 0 saturated carbocycles. The normalized spacial score (nSPS) is 12.2. The molecule has 1 unspecified atom stereocenters. The molecule has 0 aliphatic rings. The minimum atomic E-state index is 0.102. The highest BCUT2D eigenvalue weighted by atomic mass is 16.5. The van der Waals surface area contributed by atoms with Gasteiger partial charge in [-0.2, -0.15) is 0 Å². The Balaban J connectivity index is 2.00. The Labute approximate surface area is 120 Å². The van der Waals surface area contributed by atoms with Gasteiger partial charge in [-0.05, 0) is 43.4 Å². The first-order valence-corrected chi connectivity index (χ1v) is 6.89. The first-order chi connectivity index (χ1) is 9.58. The van der Waals surface area contributed by atoms with Gasteiger partial charge in [0.25, 0.3) is 0 Å². The van der Waals surface area contributed by atoms with E-state index in [0.717, 1.165) is 18.4 Å². The summed E-state index contributed by atoms with van der Waals surface area (Å²) in [6, 6.07) is 10.5. The summed E-state index contributed by atoms with van der Waals surface area (Å²) in [6.07, 6.45) is 3.55. The molecule has 0 amide bonds. The maximum Gasteiger partial charge on any atom is 0.212 e. The summed E-state index contributed by atoms with van der Waals surface area (Å²) in [5.74, 6) is 0.636. The van der Waals surface area contributed by atoms with Gasteiger partial charge in [0.1, 0.15) is 0 Å². The third-order valence-electron chi connectivity index (χ3n) is 3.49. The van der Waals surface area contributed by atoms with Gasteiger partial charge in [-0.1, -0.05) is 29.8 Å². The largest absolute Gasteiger partial charge is 0.481 e. The summed E-state index contributed by atoms with van der Waals surface area (Å²) < 4.78 is 5.06. The van der Waals surface area contributed by atoms with Gasteiger partial charge in [-0.3, -0.25) is 0 Å². The molecule has 2 rings (SSSR count). The summed E-state index contributed by atoms with van der Waals surface area (Å²) in [5, 5.41) is 0. The van der Waals surface area contributed by atoms with Gasteiger partial charge in [0.15, 0.2) is 0 Å². The monoisotopic (exact) mass is 270 g/mol. The van der Waals surface area contributed by atoms with E-state index in [9.17, 15) is 0 Å². The van der Waals surface area contributed by atoms with Crippen molar-refractivity contribution in [2.45, 2.75) is 32.7 Å². The fraction of sp³-hybridized carbons (Fsp3) is 0.353. The Morgan fingerprint density at radius 2 is 1.95 bits per heavy atom. The number of nitrogens with zero attached hydrogens (tertiary/aromatic N) is 1. The lowest BCUT2D eigenvalue weighted by molar-refractivity contribution is 0.397. The van der Waals surface area contributed by atoms with Crippen LogP contribution in [0, 0.1) is 13.8 Å². The van der Waals surface area contributed by atoms with Crippen LogP contribution in [-0.2, 0) is 12.8 Å². The SMILES string of the molecule is COc1ccc(CC(N)Cc2cc(C)ccc2C)cn1. The van der Waals surface area contributed by atoms with Crippen LogP contribution in [0.25, 0.3) is 0 Å². The number of pyridine rings is 1. The third-order valence-corrected chi connectivity index (χ3v) is 3.49. The van der Waals surface area contributed by atoms with Gasteiger partial charge in [-0.25, -0.2) is 4.98 Å². The second-order valence-electron chi connectivity index (χ2n) is 5.31. The molecule has 0 radical (unpaired) electrons. The third kappa shape index (κ3) is 3.81. The molecule has 1 aromatic carbocycles. The Morgan fingerprint density at radius 1 is 1.15 bits per heavy atom. The zero-order valence-electron chi connectivity index (χ0n) is 12.4. The first-order valence-electron chi connectivity index (χ1n) is 6.89. The van der Waals surface area contributed by atoms with Crippen molar-refractivity contribution in [1.82, 2.24) is 4.98 Å². The van der Waals surface area contributed by atoms with Crippen molar-refractivity contribution in [3.63, 3.8) is 0 Å². The summed E-state index contributed by atoms with van der Waals surface area (Å²) in [6.45, 7) is 4.25. The average molecular weight is 270 g/mol. The van der Waals surface area contributed by atoms with Crippen LogP contribution < -0.4 is 10.5 Å². The molecule has 0 saturated heterocycles. The smallest absolute Gasteiger partial charge is 0.212 e. The average Bonchev–Trinajstić information content (AvgIpc) is 2.43. The lowest BCUT2D eigenvalue weighted by Gasteiger charge is -2.14. The van der Waals surface area contributed by atoms with Crippen LogP contribution in [0.2, 0.25) is 0 Å². The number of aryl methyl sites for hydroxylation is 2. The van der Waals surface area contributed by atoms with Crippen molar-refractivity contribution < 1.29 is 4.74 Å². The van der Waals surface area contributed by atoms with Crippen LogP contribution in [0.1, 0.15) is 22.3 Å². The Morgan fingerprint density at radius 3 is 2.60 bits per heavy atom. The molecule has 1 atom stereocenters. The second kappa shape index (κ2) is 6.53. The highest BCUT2D eigenvalue weighted by Gasteiger charge is 2.08. The molecule has 2 N–H and O–H groups in total. The minimum absolute atomic E-state index is 0.102. The second-order valence-corrected chi connectivity index (χ2v) is 5.31. The molecular formula is C17H22N2O. The zero-order chi connectivity index (χ0) is 14.5. The van der Waals surface area contributed by atoms with Gasteiger partial charge in [0, 0.05) is 18.3 Å². The van der Waals surface area contributed by atoms with E-state index in [2.05, 4.69) is 37.0 Å². The number of nitrogens with two attached hydrogens (primary N) is 1. The summed E-state index contributed by atoms with van der Waals surface area (Å²) in [7, 11) is 1.62. The molecule has 1 aromatic heterocycles. The predicted molar refractivity (Wildman–Crippen MR) is 82.1 cm³/mol. The van der Waals surface area contributed by atoms with Crippen LogP contribution in [-0.4, -0.2) is 18.1 Å². The van der Waals surface area contributed by atoms with E-state index in [1.807, 2.05) is 18.3 Å². The molecule has 20 heavy (non-hydrogen) atoms. The van der Waals surface area contributed by atoms with Crippen molar-refractivity contribution >= 4 is 0 Å². The lowest BCUT2D eigenvalue weighted by atomic mass is 9.96. The van der Waals surface area contributed by atoms with E-state index in [4.69, 9.17) is 10.5 Å². The van der Waals surface area contributed by atoms with Gasteiger partial charge < -0.3 is 10.5 Å². The molecule has 0 fully saturated rings. The van der Waals surface area contributed by atoms with E-state index in [1.54, 1.807) is 7.11 Å². The predicted octanol–water partition coefficient (Wildman–Crippen LogP) is 2.82. The van der Waals surface area contributed by atoms with Gasteiger partial charge in [0.05, 0.1) is 7.11 Å². The van der Waals surface area contributed by atoms with Crippen LogP contribution in [0.4, 0.5) is 0 Å². The summed E-state index contributed by atoms with van der Waals surface area (Å²) in [4.78, 5) is 4.21. The minimum Gasteiger partial charge on any atom is -0.481 e. The number of methoxy groups -OCH3 is 1. The fourth-order valence-electron chi connectivity index (χ4n) is 2.33. The molecule has 0 aliphatic heterocycles. The molecule has 3 heteroatoms. The van der Waals surface area contributed by atoms with Gasteiger partial charge >= 0.3 is 0 Å². The molecule has 0 aliphatic carbocycles. The number of ether oxygens (including phenoxy) is 1. The maximum atomic E-state index is 6.27. The molecule has 2 aromatic rings. The molecular weight excluding hydrogens is 248 g/mol. The number of hydrogen-bond acceptors (Lipinski definition) is 3. The topological polar surface area (TPSA) is 48.1 Å². The number of benzene rings is 1.